The molecule has 0 radical (unpaired) electrons. The van der Waals surface area contributed by atoms with Crippen molar-refractivity contribution in [3.8, 4) is 5.95 Å². The monoisotopic (exact) mass is 393 g/mol. The molecule has 8 nitrogen and oxygen atoms in total. The van der Waals surface area contributed by atoms with Gasteiger partial charge in [0.2, 0.25) is 0 Å². The van der Waals surface area contributed by atoms with Crippen molar-refractivity contribution in [3.05, 3.63) is 53.6 Å². The number of amides is 2. The molecule has 29 heavy (non-hydrogen) atoms. The lowest BCUT2D eigenvalue weighted by Crippen LogP contribution is -2.42. The van der Waals surface area contributed by atoms with Gasteiger partial charge in [0.25, 0.3) is 11.8 Å². The van der Waals surface area contributed by atoms with Crippen molar-refractivity contribution in [2.24, 2.45) is 10.2 Å². The van der Waals surface area contributed by atoms with E-state index in [2.05, 4.69) is 10.2 Å². The molecule has 148 valence electrons. The van der Waals surface area contributed by atoms with E-state index in [1.165, 1.54) is 12.0 Å². The van der Waals surface area contributed by atoms with Crippen LogP contribution in [0, 0.1) is 0 Å². The summed E-state index contributed by atoms with van der Waals surface area (Å²) in [6.07, 6.45) is 0.574. The Morgan fingerprint density at radius 1 is 1.10 bits per heavy atom. The highest BCUT2D eigenvalue weighted by Gasteiger charge is 2.41. The number of methoxy groups -OCH3 is 1. The van der Waals surface area contributed by atoms with Gasteiger partial charge in [-0.15, -0.1) is 10.2 Å². The first-order chi connectivity index (χ1) is 14.1. The van der Waals surface area contributed by atoms with Crippen LogP contribution in [-0.2, 0) is 4.74 Å². The Labute approximate surface area is 166 Å². The fourth-order valence-corrected chi connectivity index (χ4v) is 3.49. The SMILES string of the molecule is CCC(COC)N1C(=O)c2cccc(N=Nc3c(O)oc4ccccc34)c2C1=O. The molecule has 0 saturated carbocycles. The van der Waals surface area contributed by atoms with E-state index < -0.39 is 5.91 Å². The summed E-state index contributed by atoms with van der Waals surface area (Å²) in [5, 5.41) is 18.9. The van der Waals surface area contributed by atoms with Gasteiger partial charge in [0.15, 0.2) is 5.69 Å². The van der Waals surface area contributed by atoms with Gasteiger partial charge in [-0.2, -0.15) is 0 Å². The van der Waals surface area contributed by atoms with Gasteiger partial charge in [-0.3, -0.25) is 14.5 Å². The zero-order chi connectivity index (χ0) is 20.5. The Bertz CT molecular complexity index is 1130. The molecule has 1 N–H and O–H groups in total. The van der Waals surface area contributed by atoms with Crippen LogP contribution >= 0.6 is 0 Å². The molecule has 2 amide bonds. The van der Waals surface area contributed by atoms with Gasteiger partial charge in [-0.05, 0) is 30.7 Å². The minimum atomic E-state index is -0.426. The molecule has 1 unspecified atom stereocenters. The number of rotatable bonds is 6. The van der Waals surface area contributed by atoms with Crippen LogP contribution in [-0.4, -0.2) is 41.6 Å². The van der Waals surface area contributed by atoms with E-state index >= 15 is 0 Å². The number of ether oxygens (including phenoxy) is 1. The second-order valence-corrected chi connectivity index (χ2v) is 6.65. The van der Waals surface area contributed by atoms with E-state index in [-0.39, 0.29) is 47.0 Å². The van der Waals surface area contributed by atoms with Crippen LogP contribution < -0.4 is 0 Å². The molecule has 1 atom stereocenters. The molecule has 0 saturated heterocycles. The third kappa shape index (κ3) is 3.07. The smallest absolute Gasteiger partial charge is 0.311 e. The van der Waals surface area contributed by atoms with E-state index in [1.807, 2.05) is 6.92 Å². The van der Waals surface area contributed by atoms with Crippen LogP contribution in [0.5, 0.6) is 5.95 Å². The summed E-state index contributed by atoms with van der Waals surface area (Å²) in [5.74, 6) is -1.16. The molecule has 2 heterocycles. The molecule has 8 heteroatoms. The van der Waals surface area contributed by atoms with Gasteiger partial charge in [-0.25, -0.2) is 0 Å². The zero-order valence-corrected chi connectivity index (χ0v) is 16.0. The summed E-state index contributed by atoms with van der Waals surface area (Å²) in [6, 6.07) is 11.5. The maximum Gasteiger partial charge on any atom is 0.311 e. The predicted molar refractivity (Wildman–Crippen MR) is 105 cm³/mol. The van der Waals surface area contributed by atoms with E-state index in [1.54, 1.807) is 42.5 Å². The maximum atomic E-state index is 13.0. The number of benzene rings is 2. The molecule has 3 aromatic rings. The van der Waals surface area contributed by atoms with E-state index in [9.17, 15) is 14.7 Å². The summed E-state index contributed by atoms with van der Waals surface area (Å²) in [5.41, 5.74) is 1.36. The molecular weight excluding hydrogens is 374 g/mol. The number of nitrogens with zero attached hydrogens (tertiary/aromatic N) is 3. The zero-order valence-electron chi connectivity index (χ0n) is 16.0. The Balaban J connectivity index is 1.74. The number of hydrogen-bond donors (Lipinski definition) is 1. The minimum absolute atomic E-state index is 0.164. The molecule has 2 aromatic carbocycles. The largest absolute Gasteiger partial charge is 0.479 e. The first-order valence-corrected chi connectivity index (χ1v) is 9.18. The number of carbonyl (C=O) groups is 2. The summed E-state index contributed by atoms with van der Waals surface area (Å²) in [7, 11) is 1.53. The number of aromatic hydroxyl groups is 1. The van der Waals surface area contributed by atoms with Gasteiger partial charge in [0.1, 0.15) is 5.58 Å². The first-order valence-electron chi connectivity index (χ1n) is 9.18. The Morgan fingerprint density at radius 2 is 1.90 bits per heavy atom. The molecule has 4 rings (SSSR count). The van der Waals surface area contributed by atoms with Crippen molar-refractivity contribution in [2.45, 2.75) is 19.4 Å². The highest BCUT2D eigenvalue weighted by molar-refractivity contribution is 6.23. The fourth-order valence-electron chi connectivity index (χ4n) is 3.49. The lowest BCUT2D eigenvalue weighted by atomic mass is 10.1. The average molecular weight is 393 g/mol. The number of furan rings is 1. The minimum Gasteiger partial charge on any atom is -0.479 e. The summed E-state index contributed by atoms with van der Waals surface area (Å²) in [6.45, 7) is 2.15. The van der Waals surface area contributed by atoms with Gasteiger partial charge in [-0.1, -0.05) is 25.1 Å². The maximum absolute atomic E-state index is 13.0. The van der Waals surface area contributed by atoms with Gasteiger partial charge in [0.05, 0.1) is 34.8 Å². The molecule has 0 bridgehead atoms. The van der Waals surface area contributed by atoms with Crippen molar-refractivity contribution in [3.63, 3.8) is 0 Å². The normalized spacial score (nSPS) is 14.9. The number of imide groups is 1. The lowest BCUT2D eigenvalue weighted by molar-refractivity contribution is 0.0466. The third-order valence-electron chi connectivity index (χ3n) is 4.93. The Kier molecular flexibility index (Phi) is 4.85. The summed E-state index contributed by atoms with van der Waals surface area (Å²) in [4.78, 5) is 27.1. The van der Waals surface area contributed by atoms with E-state index in [4.69, 9.17) is 9.15 Å². The number of azo groups is 1. The van der Waals surface area contributed by atoms with Crippen LogP contribution in [0.4, 0.5) is 11.4 Å². The van der Waals surface area contributed by atoms with Crippen molar-refractivity contribution < 1.29 is 23.8 Å². The predicted octanol–water partition coefficient (Wildman–Crippen LogP) is 4.57. The highest BCUT2D eigenvalue weighted by Crippen LogP contribution is 2.40. The molecule has 1 aliphatic rings. The molecule has 0 fully saturated rings. The quantitative estimate of drug-likeness (QED) is 0.488. The van der Waals surface area contributed by atoms with Crippen LogP contribution in [0.1, 0.15) is 34.1 Å². The number of carbonyl (C=O) groups excluding carboxylic acids is 2. The van der Waals surface area contributed by atoms with Crippen LogP contribution in [0.3, 0.4) is 0 Å². The second kappa shape index (κ2) is 7.48. The van der Waals surface area contributed by atoms with Gasteiger partial charge >= 0.3 is 5.95 Å². The van der Waals surface area contributed by atoms with Crippen LogP contribution in [0.2, 0.25) is 0 Å². The lowest BCUT2D eigenvalue weighted by Gasteiger charge is -2.24. The van der Waals surface area contributed by atoms with E-state index in [0.29, 0.717) is 17.4 Å². The van der Waals surface area contributed by atoms with Gasteiger partial charge in [0, 0.05) is 7.11 Å². The summed E-state index contributed by atoms with van der Waals surface area (Å²) < 4.78 is 10.4. The molecule has 1 aromatic heterocycles. The van der Waals surface area contributed by atoms with Crippen molar-refractivity contribution in [2.75, 3.05) is 13.7 Å². The molecule has 0 spiro atoms. The van der Waals surface area contributed by atoms with Gasteiger partial charge < -0.3 is 14.3 Å². The molecular formula is C21H19N3O5. The number of hydrogen-bond acceptors (Lipinski definition) is 7. The second-order valence-electron chi connectivity index (χ2n) is 6.65. The average Bonchev–Trinajstić information content (AvgIpc) is 3.18. The Morgan fingerprint density at radius 3 is 2.66 bits per heavy atom. The van der Waals surface area contributed by atoms with Crippen molar-refractivity contribution in [1.29, 1.82) is 0 Å². The molecule has 1 aliphatic heterocycles. The van der Waals surface area contributed by atoms with E-state index in [0.717, 1.165) is 0 Å². The standard InChI is InChI=1S/C21H19N3O5/c1-3-12(11-28-2)24-19(25)14-8-6-9-15(17(14)20(24)26)22-23-18-13-7-4-5-10-16(13)29-21(18)27/h4-10,12,27H,3,11H2,1-2H3. The topological polar surface area (TPSA) is 105 Å². The highest BCUT2D eigenvalue weighted by atomic mass is 16.5. The van der Waals surface area contributed by atoms with Crippen molar-refractivity contribution >= 4 is 34.2 Å². The Hall–Kier alpha value is -3.52. The third-order valence-corrected chi connectivity index (χ3v) is 4.93. The van der Waals surface area contributed by atoms with Crippen LogP contribution in [0.15, 0.2) is 57.1 Å². The van der Waals surface area contributed by atoms with Crippen molar-refractivity contribution in [1.82, 2.24) is 4.90 Å². The molecule has 0 aliphatic carbocycles. The van der Waals surface area contributed by atoms with Crippen LogP contribution in [0.25, 0.3) is 11.0 Å². The summed E-state index contributed by atoms with van der Waals surface area (Å²) >= 11 is 0. The fraction of sp³-hybridized carbons (Fsp3) is 0.238. The number of para-hydroxylation sites is 1. The first kappa shape index (κ1) is 18.8. The number of fused-ring (bicyclic) bond motifs is 2.